The molecule has 6 nitrogen and oxygen atoms in total. The highest BCUT2D eigenvalue weighted by Crippen LogP contribution is 2.35. The van der Waals surface area contributed by atoms with E-state index in [1.165, 1.54) is 6.20 Å². The summed E-state index contributed by atoms with van der Waals surface area (Å²) in [5, 5.41) is 0. The van der Waals surface area contributed by atoms with E-state index in [-0.39, 0.29) is 18.7 Å². The minimum Gasteiger partial charge on any atom is -0.465 e. The van der Waals surface area contributed by atoms with Crippen LogP contribution in [0.25, 0.3) is 0 Å². The molecule has 1 saturated heterocycles. The van der Waals surface area contributed by atoms with Crippen molar-refractivity contribution < 1.29 is 19.1 Å². The summed E-state index contributed by atoms with van der Waals surface area (Å²) in [5.41, 5.74) is 1.10. The van der Waals surface area contributed by atoms with Gasteiger partial charge in [0, 0.05) is 29.3 Å². The van der Waals surface area contributed by atoms with E-state index in [9.17, 15) is 14.4 Å². The number of amides is 2. The van der Waals surface area contributed by atoms with Gasteiger partial charge in [0.15, 0.2) is 0 Å². The molecule has 0 unspecified atom stereocenters. The molecule has 1 fully saturated rings. The molecule has 1 aromatic carbocycles. The van der Waals surface area contributed by atoms with Gasteiger partial charge in [0.05, 0.1) is 12.2 Å². The summed E-state index contributed by atoms with van der Waals surface area (Å²) >= 11 is 3.27. The first kappa shape index (κ1) is 18.3. The lowest BCUT2D eigenvalue weighted by molar-refractivity contribution is -0.152. The summed E-state index contributed by atoms with van der Waals surface area (Å²) < 4.78 is 5.72. The van der Waals surface area contributed by atoms with Crippen molar-refractivity contribution in [3.8, 4) is 0 Å². The molecule has 0 N–H and O–H groups in total. The molecule has 2 atom stereocenters. The van der Waals surface area contributed by atoms with Gasteiger partial charge < -0.3 is 4.74 Å². The maximum atomic E-state index is 12.9. The molecule has 26 heavy (non-hydrogen) atoms. The summed E-state index contributed by atoms with van der Waals surface area (Å²) in [6.07, 6.45) is 2.95. The van der Waals surface area contributed by atoms with Crippen LogP contribution in [-0.2, 0) is 14.3 Å². The lowest BCUT2D eigenvalue weighted by Gasteiger charge is -2.15. The molecule has 3 rings (SSSR count). The molecule has 7 heteroatoms. The smallest absolute Gasteiger partial charge is 0.319 e. The summed E-state index contributed by atoms with van der Waals surface area (Å²) in [7, 11) is 0. The van der Waals surface area contributed by atoms with Gasteiger partial charge in [-0.3, -0.25) is 24.3 Å². The molecule has 0 radical (unpaired) electrons. The number of benzene rings is 1. The van der Waals surface area contributed by atoms with Crippen molar-refractivity contribution in [2.45, 2.75) is 12.8 Å². The van der Waals surface area contributed by atoms with E-state index in [4.69, 9.17) is 4.74 Å². The van der Waals surface area contributed by atoms with Gasteiger partial charge in [-0.2, -0.15) is 0 Å². The molecule has 2 aromatic rings. The summed E-state index contributed by atoms with van der Waals surface area (Å²) in [6, 6.07) is 10.8. The lowest BCUT2D eigenvalue weighted by atomic mass is 9.89. The van der Waals surface area contributed by atoms with Crippen molar-refractivity contribution in [1.29, 1.82) is 0 Å². The minimum atomic E-state index is -1.03. The number of carbonyl (C=O) groups is 3. The van der Waals surface area contributed by atoms with Crippen molar-refractivity contribution in [3.05, 3.63) is 64.4 Å². The third-order valence-electron chi connectivity index (χ3n) is 4.28. The number of hydrogen-bond acceptors (Lipinski definition) is 5. The van der Waals surface area contributed by atoms with Gasteiger partial charge in [-0.1, -0.05) is 30.3 Å². The van der Waals surface area contributed by atoms with E-state index in [2.05, 4.69) is 20.9 Å². The van der Waals surface area contributed by atoms with Gasteiger partial charge in [-0.25, -0.2) is 0 Å². The van der Waals surface area contributed by atoms with Gasteiger partial charge >= 0.3 is 5.97 Å². The zero-order valence-electron chi connectivity index (χ0n) is 14.1. The quantitative estimate of drug-likeness (QED) is 0.435. The second-order valence-corrected chi connectivity index (χ2v) is 6.81. The largest absolute Gasteiger partial charge is 0.465 e. The second kappa shape index (κ2) is 7.78. The number of aromatic nitrogens is 1. The van der Waals surface area contributed by atoms with E-state index in [1.54, 1.807) is 19.2 Å². The van der Waals surface area contributed by atoms with Crippen LogP contribution in [0, 0.1) is 5.92 Å². The first-order valence-corrected chi connectivity index (χ1v) is 9.00. The molecule has 2 heterocycles. The number of pyridine rings is 1. The average molecular weight is 417 g/mol. The number of rotatable bonds is 4. The van der Waals surface area contributed by atoms with Gasteiger partial charge in [0.25, 0.3) is 5.91 Å². The summed E-state index contributed by atoms with van der Waals surface area (Å²) in [4.78, 5) is 43.2. The van der Waals surface area contributed by atoms with E-state index in [1.807, 2.05) is 30.3 Å². The predicted molar refractivity (Wildman–Crippen MR) is 97.3 cm³/mol. The van der Waals surface area contributed by atoms with Crippen LogP contribution in [-0.4, -0.2) is 40.8 Å². The molecule has 1 aromatic heterocycles. The Morgan fingerprint density at radius 2 is 2.00 bits per heavy atom. The van der Waals surface area contributed by atoms with Crippen LogP contribution in [0.5, 0.6) is 0 Å². The second-order valence-electron chi connectivity index (χ2n) is 5.89. The van der Waals surface area contributed by atoms with Crippen LogP contribution < -0.4 is 0 Å². The van der Waals surface area contributed by atoms with Crippen LogP contribution in [0.2, 0.25) is 0 Å². The zero-order valence-corrected chi connectivity index (χ0v) is 15.7. The van der Waals surface area contributed by atoms with E-state index < -0.39 is 29.6 Å². The Hall–Kier alpha value is -2.54. The van der Waals surface area contributed by atoms with Crippen LogP contribution in [0.1, 0.15) is 28.8 Å². The Morgan fingerprint density at radius 1 is 1.27 bits per heavy atom. The van der Waals surface area contributed by atoms with Crippen LogP contribution in [0.15, 0.2) is 53.3 Å². The van der Waals surface area contributed by atoms with E-state index in [0.29, 0.717) is 4.47 Å². The van der Waals surface area contributed by atoms with Gasteiger partial charge in [-0.15, -0.1) is 0 Å². The van der Waals surface area contributed by atoms with Crippen molar-refractivity contribution in [2.24, 2.45) is 5.92 Å². The summed E-state index contributed by atoms with van der Waals surface area (Å²) in [6.45, 7) is 1.98. The summed E-state index contributed by atoms with van der Waals surface area (Å²) in [5.74, 6) is -3.08. The van der Waals surface area contributed by atoms with Crippen molar-refractivity contribution in [2.75, 3.05) is 13.2 Å². The normalized spacial score (nSPS) is 19.5. The van der Waals surface area contributed by atoms with Crippen molar-refractivity contribution >= 4 is 33.7 Å². The molecule has 1 aliphatic rings. The maximum absolute atomic E-state index is 12.9. The third-order valence-corrected chi connectivity index (χ3v) is 4.71. The Kier molecular flexibility index (Phi) is 5.46. The number of hydrogen-bond donors (Lipinski definition) is 0. The Labute approximate surface area is 159 Å². The molecule has 0 saturated carbocycles. The zero-order chi connectivity index (χ0) is 18.7. The van der Waals surface area contributed by atoms with E-state index in [0.717, 1.165) is 10.5 Å². The van der Waals surface area contributed by atoms with Crippen LogP contribution in [0.4, 0.5) is 0 Å². The SMILES string of the molecule is CCOC(=O)[C@@H]1C(=O)N(C(=O)c2cncc(Br)c2)C[C@@H]1c1ccccc1. The standard InChI is InChI=1S/C19H17BrN2O4/c1-2-26-19(25)16-15(12-6-4-3-5-7-12)11-22(18(16)24)17(23)13-8-14(20)10-21-9-13/h3-10,15-16H,2,11H2,1H3/t15-,16+/m1/s1. The average Bonchev–Trinajstić information content (AvgIpc) is 2.99. The monoisotopic (exact) mass is 416 g/mol. The van der Waals surface area contributed by atoms with Crippen molar-refractivity contribution in [1.82, 2.24) is 9.88 Å². The molecule has 1 aliphatic heterocycles. The molecule has 0 bridgehead atoms. The maximum Gasteiger partial charge on any atom is 0.319 e. The predicted octanol–water partition coefficient (Wildman–Crippen LogP) is 2.79. The fourth-order valence-corrected chi connectivity index (χ4v) is 3.46. The van der Waals surface area contributed by atoms with Gasteiger partial charge in [-0.05, 0) is 34.5 Å². The fourth-order valence-electron chi connectivity index (χ4n) is 3.09. The highest BCUT2D eigenvalue weighted by molar-refractivity contribution is 9.10. The molecule has 134 valence electrons. The number of halogens is 1. The highest BCUT2D eigenvalue weighted by Gasteiger charge is 2.48. The lowest BCUT2D eigenvalue weighted by Crippen LogP contribution is -2.36. The van der Waals surface area contributed by atoms with Crippen LogP contribution >= 0.6 is 15.9 Å². The molecule has 0 aliphatic carbocycles. The van der Waals surface area contributed by atoms with Gasteiger partial charge in [0.1, 0.15) is 5.92 Å². The van der Waals surface area contributed by atoms with Crippen molar-refractivity contribution in [3.63, 3.8) is 0 Å². The Bertz CT molecular complexity index is 840. The third kappa shape index (κ3) is 3.53. The molecule has 0 spiro atoms. The first-order valence-electron chi connectivity index (χ1n) is 8.20. The number of likely N-dealkylation sites (tertiary alicyclic amines) is 1. The molecular weight excluding hydrogens is 400 g/mol. The Morgan fingerprint density at radius 3 is 2.65 bits per heavy atom. The van der Waals surface area contributed by atoms with Crippen LogP contribution in [0.3, 0.4) is 0 Å². The minimum absolute atomic E-state index is 0.123. The van der Waals surface area contributed by atoms with Gasteiger partial charge in [0.2, 0.25) is 5.91 Å². The number of esters is 1. The van der Waals surface area contributed by atoms with E-state index >= 15 is 0 Å². The fraction of sp³-hybridized carbons (Fsp3) is 0.263. The number of imide groups is 1. The molecular formula is C19H17BrN2O4. The number of nitrogens with zero attached hydrogens (tertiary/aromatic N) is 2. The Balaban J connectivity index is 1.94. The molecule has 2 amide bonds. The highest BCUT2D eigenvalue weighted by atomic mass is 79.9. The number of carbonyl (C=O) groups excluding carboxylic acids is 3. The topological polar surface area (TPSA) is 76.6 Å². The number of ether oxygens (including phenoxy) is 1. The first-order chi connectivity index (χ1) is 12.5.